The molecule has 0 heterocycles. The molecule has 0 aliphatic heterocycles. The molecule has 0 saturated carbocycles. The molecule has 0 spiro atoms. The van der Waals surface area contributed by atoms with Gasteiger partial charge in [-0.2, -0.15) is 0 Å². The minimum absolute atomic E-state index is 0.0382. The first-order valence-electron chi connectivity index (χ1n) is 1.64. The van der Waals surface area contributed by atoms with E-state index in [1.807, 2.05) is 0 Å². The molecule has 0 rings (SSSR count). The van der Waals surface area contributed by atoms with Crippen LogP contribution >= 0.6 is 12.9 Å². The Labute approximate surface area is 47.2 Å². The largest absolute Gasteiger partial charge is 0.393 e. The van der Waals surface area contributed by atoms with Gasteiger partial charge in [-0.1, -0.05) is 0 Å². The Balaban J connectivity index is 3.00. The molecule has 0 aromatic heterocycles. The van der Waals surface area contributed by atoms with Gasteiger partial charge in [0, 0.05) is 20.0 Å². The van der Waals surface area contributed by atoms with Gasteiger partial charge in [0.2, 0.25) is 0 Å². The van der Waals surface area contributed by atoms with E-state index in [-0.39, 0.29) is 6.61 Å². The molecule has 4 heteroatoms. The summed E-state index contributed by atoms with van der Waals surface area (Å²) in [4.78, 5) is 9.99. The molecule has 7 heavy (non-hydrogen) atoms. The van der Waals surface area contributed by atoms with Crippen molar-refractivity contribution in [3.63, 3.8) is 0 Å². The van der Waals surface area contributed by atoms with E-state index in [4.69, 9.17) is 0 Å². The van der Waals surface area contributed by atoms with Crippen LogP contribution in [0.3, 0.4) is 0 Å². The quantitative estimate of drug-likeness (QED) is 0.414. The normalized spacial score (nSPS) is 8.29. The van der Waals surface area contributed by atoms with Crippen LogP contribution in [-0.2, 0) is 13.7 Å². The number of methoxy groups -OCH3 is 1. The monoisotopic (exact) mass is 122 g/mol. The summed E-state index contributed by atoms with van der Waals surface area (Å²) in [6, 6.07) is 0. The van der Waals surface area contributed by atoms with Crippen molar-refractivity contribution in [1.29, 1.82) is 0 Å². The van der Waals surface area contributed by atoms with Crippen LogP contribution < -0.4 is 0 Å². The Morgan fingerprint density at radius 2 is 2.43 bits per heavy atom. The lowest BCUT2D eigenvalue weighted by Crippen LogP contribution is -2.04. The van der Waals surface area contributed by atoms with Gasteiger partial charge >= 0.3 is 5.97 Å². The standard InChI is InChI=1S/C3H6O3S/c1-5-2-3(4)6-7/h7H,2H2,1H3. The summed E-state index contributed by atoms with van der Waals surface area (Å²) in [5, 5.41) is 0. The van der Waals surface area contributed by atoms with Gasteiger partial charge < -0.3 is 8.92 Å². The van der Waals surface area contributed by atoms with Gasteiger partial charge in [0.1, 0.15) is 6.61 Å². The first kappa shape index (κ1) is 6.78. The Kier molecular flexibility index (Phi) is 3.83. The molecule has 0 atom stereocenters. The maximum atomic E-state index is 9.99. The number of ether oxygens (including phenoxy) is 1. The SMILES string of the molecule is COCC(=O)OS. The number of hydrogen-bond acceptors (Lipinski definition) is 4. The Bertz CT molecular complexity index is 63.2. The average Bonchev–Trinajstić information content (AvgIpc) is 1.68. The molecule has 0 amide bonds. The van der Waals surface area contributed by atoms with Gasteiger partial charge in [-0.25, -0.2) is 4.79 Å². The molecule has 0 fully saturated rings. The summed E-state index contributed by atoms with van der Waals surface area (Å²) in [5.41, 5.74) is 0. The minimum Gasteiger partial charge on any atom is -0.393 e. The molecule has 0 aliphatic carbocycles. The summed E-state index contributed by atoms with van der Waals surface area (Å²) in [5.74, 6) is -0.481. The molecule has 0 aromatic rings. The molecule has 0 saturated heterocycles. The van der Waals surface area contributed by atoms with Crippen molar-refractivity contribution in [2.24, 2.45) is 0 Å². The first-order chi connectivity index (χ1) is 3.31. The van der Waals surface area contributed by atoms with Crippen LogP contribution in [0, 0.1) is 0 Å². The number of carbonyl (C=O) groups excluding carboxylic acids is 1. The third kappa shape index (κ3) is 3.61. The summed E-state index contributed by atoms with van der Waals surface area (Å²) in [7, 11) is 1.41. The van der Waals surface area contributed by atoms with E-state index >= 15 is 0 Å². The highest BCUT2D eigenvalue weighted by molar-refractivity contribution is 7.75. The third-order valence-electron chi connectivity index (χ3n) is 0.364. The summed E-state index contributed by atoms with van der Waals surface area (Å²) in [6.45, 7) is -0.0382. The Morgan fingerprint density at radius 1 is 1.86 bits per heavy atom. The van der Waals surface area contributed by atoms with Crippen LogP contribution in [0.25, 0.3) is 0 Å². The molecular weight excluding hydrogens is 116 g/mol. The first-order valence-corrected chi connectivity index (χ1v) is 2.01. The van der Waals surface area contributed by atoms with Gasteiger partial charge in [0.05, 0.1) is 0 Å². The van der Waals surface area contributed by atoms with Crippen molar-refractivity contribution in [3.05, 3.63) is 0 Å². The molecule has 0 radical (unpaired) electrons. The number of carbonyl (C=O) groups is 1. The molecule has 0 aromatic carbocycles. The second kappa shape index (κ2) is 3.95. The molecule has 42 valence electrons. The lowest BCUT2D eigenvalue weighted by Gasteiger charge is -1.90. The van der Waals surface area contributed by atoms with Gasteiger partial charge in [0.15, 0.2) is 0 Å². The molecule has 0 bridgehead atoms. The van der Waals surface area contributed by atoms with E-state index in [2.05, 4.69) is 21.8 Å². The van der Waals surface area contributed by atoms with Crippen molar-refractivity contribution in [1.82, 2.24) is 0 Å². The predicted molar refractivity (Wildman–Crippen MR) is 27.0 cm³/mol. The number of rotatable bonds is 2. The van der Waals surface area contributed by atoms with Crippen LogP contribution in [-0.4, -0.2) is 19.7 Å². The van der Waals surface area contributed by atoms with Gasteiger partial charge in [-0.05, 0) is 0 Å². The van der Waals surface area contributed by atoms with Crippen LogP contribution in [0.1, 0.15) is 0 Å². The highest BCUT2D eigenvalue weighted by atomic mass is 32.1. The highest BCUT2D eigenvalue weighted by Crippen LogP contribution is 1.79. The van der Waals surface area contributed by atoms with Crippen LogP contribution in [0.4, 0.5) is 0 Å². The highest BCUT2D eigenvalue weighted by Gasteiger charge is 1.94. The van der Waals surface area contributed by atoms with Gasteiger partial charge in [-0.3, -0.25) is 0 Å². The Morgan fingerprint density at radius 3 is 2.57 bits per heavy atom. The van der Waals surface area contributed by atoms with E-state index < -0.39 is 5.97 Å². The second-order valence-corrected chi connectivity index (χ2v) is 1.08. The van der Waals surface area contributed by atoms with E-state index in [0.717, 1.165) is 0 Å². The Hall–Kier alpha value is -0.220. The summed E-state index contributed by atoms with van der Waals surface area (Å²) < 4.78 is 8.29. The van der Waals surface area contributed by atoms with Gasteiger partial charge in [0.25, 0.3) is 0 Å². The van der Waals surface area contributed by atoms with E-state index in [1.54, 1.807) is 0 Å². The fourth-order valence-electron chi connectivity index (χ4n) is 0.144. The van der Waals surface area contributed by atoms with Crippen LogP contribution in [0.2, 0.25) is 0 Å². The molecule has 0 aliphatic rings. The van der Waals surface area contributed by atoms with E-state index in [9.17, 15) is 4.79 Å². The summed E-state index contributed by atoms with van der Waals surface area (Å²) >= 11 is 3.22. The number of hydrogen-bond donors (Lipinski definition) is 1. The van der Waals surface area contributed by atoms with Crippen LogP contribution in [0.5, 0.6) is 0 Å². The fraction of sp³-hybridized carbons (Fsp3) is 0.667. The van der Waals surface area contributed by atoms with Crippen molar-refractivity contribution < 1.29 is 13.7 Å². The molecular formula is C3H6O3S. The lowest BCUT2D eigenvalue weighted by atomic mass is 10.8. The minimum atomic E-state index is -0.481. The lowest BCUT2D eigenvalue weighted by molar-refractivity contribution is -0.136. The topological polar surface area (TPSA) is 35.5 Å². The zero-order valence-electron chi connectivity index (χ0n) is 3.88. The summed E-state index contributed by atoms with van der Waals surface area (Å²) in [6.07, 6.45) is 0. The smallest absolute Gasteiger partial charge is 0.343 e. The number of thiol groups is 1. The van der Waals surface area contributed by atoms with Crippen molar-refractivity contribution in [2.45, 2.75) is 0 Å². The van der Waals surface area contributed by atoms with Crippen molar-refractivity contribution >= 4 is 18.9 Å². The van der Waals surface area contributed by atoms with Crippen LogP contribution in [0.15, 0.2) is 0 Å². The predicted octanol–water partition coefficient (Wildman–Crippen LogP) is 0.0208. The molecule has 3 nitrogen and oxygen atoms in total. The third-order valence-corrected chi connectivity index (χ3v) is 0.568. The zero-order valence-corrected chi connectivity index (χ0v) is 4.77. The maximum absolute atomic E-state index is 9.99. The maximum Gasteiger partial charge on any atom is 0.343 e. The van der Waals surface area contributed by atoms with Gasteiger partial charge in [-0.15, -0.1) is 0 Å². The molecule has 0 N–H and O–H groups in total. The van der Waals surface area contributed by atoms with E-state index in [1.165, 1.54) is 7.11 Å². The average molecular weight is 122 g/mol. The van der Waals surface area contributed by atoms with Crippen molar-refractivity contribution in [3.8, 4) is 0 Å². The van der Waals surface area contributed by atoms with Crippen molar-refractivity contribution in [2.75, 3.05) is 13.7 Å². The zero-order chi connectivity index (χ0) is 5.70. The van der Waals surface area contributed by atoms with E-state index in [0.29, 0.717) is 0 Å². The second-order valence-electron chi connectivity index (χ2n) is 0.896. The molecule has 0 unspecified atom stereocenters. The fourth-order valence-corrected chi connectivity index (χ4v) is 0.197.